The first kappa shape index (κ1) is 22.3. The highest BCUT2D eigenvalue weighted by atomic mass is 32.2. The zero-order chi connectivity index (χ0) is 21.6. The molecule has 7 nitrogen and oxygen atoms in total. The molecule has 3 rings (SSSR count). The zero-order valence-electron chi connectivity index (χ0n) is 16.6. The van der Waals surface area contributed by atoms with E-state index in [1.165, 1.54) is 28.7 Å². The van der Waals surface area contributed by atoms with Crippen LogP contribution >= 0.6 is 23.1 Å². The molecule has 1 N–H and O–H groups in total. The molecule has 0 aliphatic rings. The van der Waals surface area contributed by atoms with Gasteiger partial charge in [0.2, 0.25) is 21.1 Å². The van der Waals surface area contributed by atoms with Gasteiger partial charge in [-0.1, -0.05) is 78.6 Å². The summed E-state index contributed by atoms with van der Waals surface area (Å²) in [5, 5.41) is 11.1. The van der Waals surface area contributed by atoms with E-state index in [0.717, 1.165) is 26.2 Å². The third-order valence-electron chi connectivity index (χ3n) is 4.19. The number of aryl methyl sites for hydroxylation is 1. The molecular formula is C20H22N4O3S3. The monoisotopic (exact) mass is 462 g/mol. The predicted octanol–water partition coefficient (Wildman–Crippen LogP) is 3.80. The van der Waals surface area contributed by atoms with Crippen molar-refractivity contribution in [1.82, 2.24) is 10.2 Å². The van der Waals surface area contributed by atoms with Crippen LogP contribution in [-0.4, -0.2) is 37.3 Å². The normalized spacial score (nSPS) is 11.3. The molecule has 3 aromatic rings. The van der Waals surface area contributed by atoms with Crippen LogP contribution in [0.25, 0.3) is 0 Å². The van der Waals surface area contributed by atoms with E-state index >= 15 is 0 Å². The number of para-hydroxylation sites is 1. The number of hydrogen-bond donors (Lipinski definition) is 1. The van der Waals surface area contributed by atoms with Crippen molar-refractivity contribution in [3.63, 3.8) is 0 Å². The van der Waals surface area contributed by atoms with E-state index in [4.69, 9.17) is 0 Å². The van der Waals surface area contributed by atoms with Crippen molar-refractivity contribution in [1.29, 1.82) is 0 Å². The highest BCUT2D eigenvalue weighted by molar-refractivity contribution is 8.00. The standard InChI is InChI=1S/C20H22N4O3S3/c1-3-16-11-7-8-12-17(16)24(30(2,26)27)13-18(25)21-19-22-23-20(29-19)28-14-15-9-5-4-6-10-15/h4-12H,3,13-14H2,1-2H3,(H,21,22,25). The molecule has 0 bridgehead atoms. The van der Waals surface area contributed by atoms with Gasteiger partial charge in [-0.25, -0.2) is 8.42 Å². The minimum absolute atomic E-state index is 0.331. The summed E-state index contributed by atoms with van der Waals surface area (Å²) in [7, 11) is -3.64. The third kappa shape index (κ3) is 6.04. The number of benzene rings is 2. The van der Waals surface area contributed by atoms with Crippen molar-refractivity contribution in [2.45, 2.75) is 23.4 Å². The van der Waals surface area contributed by atoms with E-state index in [0.29, 0.717) is 17.2 Å². The Balaban J connectivity index is 1.65. The van der Waals surface area contributed by atoms with Gasteiger partial charge in [-0.2, -0.15) is 0 Å². The zero-order valence-corrected chi connectivity index (χ0v) is 19.1. The summed E-state index contributed by atoms with van der Waals surface area (Å²) >= 11 is 2.79. The lowest BCUT2D eigenvalue weighted by atomic mass is 10.1. The molecule has 0 radical (unpaired) electrons. The molecule has 0 aliphatic heterocycles. The Kier molecular flexibility index (Phi) is 7.46. The maximum absolute atomic E-state index is 12.5. The fraction of sp³-hybridized carbons (Fsp3) is 0.250. The molecule has 1 amide bonds. The van der Waals surface area contributed by atoms with Crippen LogP contribution in [0.2, 0.25) is 0 Å². The molecule has 10 heteroatoms. The van der Waals surface area contributed by atoms with Crippen molar-refractivity contribution < 1.29 is 13.2 Å². The minimum atomic E-state index is -3.64. The number of hydrogen-bond acceptors (Lipinski definition) is 7. The molecule has 1 aromatic heterocycles. The van der Waals surface area contributed by atoms with Crippen molar-refractivity contribution in [3.05, 3.63) is 65.7 Å². The summed E-state index contributed by atoms with van der Waals surface area (Å²) in [4.78, 5) is 12.5. The van der Waals surface area contributed by atoms with Gasteiger partial charge in [-0.3, -0.25) is 14.4 Å². The number of nitrogens with one attached hydrogen (secondary N) is 1. The van der Waals surface area contributed by atoms with E-state index in [1.54, 1.807) is 12.1 Å². The van der Waals surface area contributed by atoms with E-state index in [9.17, 15) is 13.2 Å². The second kappa shape index (κ2) is 10.1. The molecule has 1 heterocycles. The van der Waals surface area contributed by atoms with Gasteiger partial charge in [0.25, 0.3) is 0 Å². The largest absolute Gasteiger partial charge is 0.299 e. The molecule has 158 valence electrons. The Morgan fingerprint density at radius 2 is 1.80 bits per heavy atom. The summed E-state index contributed by atoms with van der Waals surface area (Å²) in [6, 6.07) is 17.1. The SMILES string of the molecule is CCc1ccccc1N(CC(=O)Nc1nnc(SCc2ccccc2)s1)S(C)(=O)=O. The summed E-state index contributed by atoms with van der Waals surface area (Å²) in [5.74, 6) is 0.279. The lowest BCUT2D eigenvalue weighted by Gasteiger charge is -2.23. The van der Waals surface area contributed by atoms with Gasteiger partial charge < -0.3 is 0 Å². The number of nitrogens with zero attached hydrogens (tertiary/aromatic N) is 3. The van der Waals surface area contributed by atoms with Crippen molar-refractivity contribution in [3.8, 4) is 0 Å². The number of carbonyl (C=O) groups is 1. The summed E-state index contributed by atoms with van der Waals surface area (Å²) in [6.45, 7) is 1.61. The average Bonchev–Trinajstić information content (AvgIpc) is 3.17. The van der Waals surface area contributed by atoms with Crippen molar-refractivity contribution in [2.75, 3.05) is 22.4 Å². The Morgan fingerprint density at radius 3 is 2.50 bits per heavy atom. The first-order valence-corrected chi connectivity index (χ1v) is 12.9. The number of rotatable bonds is 9. The van der Waals surface area contributed by atoms with Crippen LogP contribution in [0, 0.1) is 0 Å². The van der Waals surface area contributed by atoms with Gasteiger partial charge in [0.15, 0.2) is 4.34 Å². The first-order chi connectivity index (χ1) is 14.4. The quantitative estimate of drug-likeness (QED) is 0.384. The molecule has 0 saturated carbocycles. The molecule has 0 fully saturated rings. The van der Waals surface area contributed by atoms with Gasteiger partial charge in [0, 0.05) is 5.75 Å². The lowest BCUT2D eigenvalue weighted by molar-refractivity contribution is -0.114. The second-order valence-corrected chi connectivity index (χ2v) is 10.6. The predicted molar refractivity (Wildman–Crippen MR) is 123 cm³/mol. The first-order valence-electron chi connectivity index (χ1n) is 9.22. The number of anilines is 2. The highest BCUT2D eigenvalue weighted by Gasteiger charge is 2.23. The van der Waals surface area contributed by atoms with Crippen LogP contribution in [0.3, 0.4) is 0 Å². The van der Waals surface area contributed by atoms with E-state index in [1.807, 2.05) is 49.4 Å². The molecule has 0 spiro atoms. The fourth-order valence-electron chi connectivity index (χ4n) is 2.76. The molecular weight excluding hydrogens is 440 g/mol. The maximum atomic E-state index is 12.5. The number of aromatic nitrogens is 2. The Morgan fingerprint density at radius 1 is 1.10 bits per heavy atom. The molecule has 0 atom stereocenters. The second-order valence-electron chi connectivity index (χ2n) is 6.45. The summed E-state index contributed by atoms with van der Waals surface area (Å²) in [6.07, 6.45) is 1.75. The fourth-order valence-corrected chi connectivity index (χ4v) is 5.37. The Hall–Kier alpha value is -2.43. The Labute approximate surface area is 184 Å². The van der Waals surface area contributed by atoms with Crippen LogP contribution in [0.15, 0.2) is 58.9 Å². The third-order valence-corrected chi connectivity index (χ3v) is 7.36. The molecule has 0 unspecified atom stereocenters. The number of amides is 1. The minimum Gasteiger partial charge on any atom is -0.299 e. The molecule has 0 aliphatic carbocycles. The lowest BCUT2D eigenvalue weighted by Crippen LogP contribution is -2.38. The summed E-state index contributed by atoms with van der Waals surface area (Å²) < 4.78 is 26.5. The van der Waals surface area contributed by atoms with E-state index < -0.39 is 15.9 Å². The number of carbonyl (C=O) groups excluding carboxylic acids is 1. The van der Waals surface area contributed by atoms with Crippen LogP contribution in [0.1, 0.15) is 18.1 Å². The van der Waals surface area contributed by atoms with Gasteiger partial charge in [0.1, 0.15) is 6.54 Å². The van der Waals surface area contributed by atoms with Gasteiger partial charge in [0.05, 0.1) is 11.9 Å². The van der Waals surface area contributed by atoms with Crippen LogP contribution in [0.4, 0.5) is 10.8 Å². The molecule has 0 saturated heterocycles. The van der Waals surface area contributed by atoms with Crippen molar-refractivity contribution >= 4 is 49.8 Å². The van der Waals surface area contributed by atoms with Gasteiger partial charge in [-0.15, -0.1) is 10.2 Å². The van der Waals surface area contributed by atoms with Crippen LogP contribution in [0.5, 0.6) is 0 Å². The van der Waals surface area contributed by atoms with E-state index in [2.05, 4.69) is 15.5 Å². The molecule has 2 aromatic carbocycles. The maximum Gasteiger partial charge on any atom is 0.246 e. The smallest absolute Gasteiger partial charge is 0.246 e. The number of thioether (sulfide) groups is 1. The summed E-state index contributed by atoms with van der Waals surface area (Å²) in [5.41, 5.74) is 2.53. The van der Waals surface area contributed by atoms with Gasteiger partial charge in [-0.05, 0) is 23.6 Å². The van der Waals surface area contributed by atoms with Crippen LogP contribution < -0.4 is 9.62 Å². The topological polar surface area (TPSA) is 92.3 Å². The number of sulfonamides is 1. The highest BCUT2D eigenvalue weighted by Crippen LogP contribution is 2.28. The van der Waals surface area contributed by atoms with Crippen LogP contribution in [-0.2, 0) is 27.0 Å². The Bertz CT molecular complexity index is 1100. The van der Waals surface area contributed by atoms with Gasteiger partial charge >= 0.3 is 0 Å². The van der Waals surface area contributed by atoms with E-state index in [-0.39, 0.29) is 6.54 Å². The average molecular weight is 463 g/mol. The van der Waals surface area contributed by atoms with Crippen molar-refractivity contribution in [2.24, 2.45) is 0 Å². The molecule has 30 heavy (non-hydrogen) atoms.